The van der Waals surface area contributed by atoms with E-state index in [2.05, 4.69) is 56.2 Å². The smallest absolute Gasteiger partial charge is 0.278 e. The Morgan fingerprint density at radius 1 is 1.00 bits per heavy atom. The van der Waals surface area contributed by atoms with Gasteiger partial charge in [0.2, 0.25) is 11.9 Å². The van der Waals surface area contributed by atoms with Crippen molar-refractivity contribution in [3.63, 3.8) is 0 Å². The first-order valence-electron chi connectivity index (χ1n) is 13.0. The molecule has 0 aliphatic carbocycles. The monoisotopic (exact) mass is 524 g/mol. The predicted molar refractivity (Wildman–Crippen MR) is 155 cm³/mol. The van der Waals surface area contributed by atoms with Crippen molar-refractivity contribution in [1.82, 2.24) is 24.4 Å². The average molecular weight is 525 g/mol. The SMILES string of the molecule is C=CC(=O)Nc1cccc(-n2c(=O)c(C(C)C)nc3cnc(Nc4ccc(N5CCN(C)CC5)cc4)nc32)c1. The molecule has 1 fully saturated rings. The maximum Gasteiger partial charge on any atom is 0.278 e. The maximum atomic E-state index is 13.6. The number of nitrogens with zero attached hydrogens (tertiary/aromatic N) is 6. The number of nitrogens with one attached hydrogen (secondary N) is 2. The van der Waals surface area contributed by atoms with Gasteiger partial charge in [-0.15, -0.1) is 0 Å². The molecule has 1 saturated heterocycles. The van der Waals surface area contributed by atoms with Gasteiger partial charge >= 0.3 is 0 Å². The quantitative estimate of drug-likeness (QED) is 0.350. The lowest BCUT2D eigenvalue weighted by atomic mass is 10.1. The lowest BCUT2D eigenvalue weighted by Gasteiger charge is -2.34. The number of rotatable bonds is 7. The summed E-state index contributed by atoms with van der Waals surface area (Å²) in [6.07, 6.45) is 2.81. The minimum Gasteiger partial charge on any atom is -0.369 e. The molecular weight excluding hydrogens is 492 g/mol. The Bertz CT molecular complexity index is 1570. The van der Waals surface area contributed by atoms with Crippen LogP contribution >= 0.6 is 0 Å². The summed E-state index contributed by atoms with van der Waals surface area (Å²) in [5.41, 5.74) is 4.10. The zero-order valence-electron chi connectivity index (χ0n) is 22.4. The van der Waals surface area contributed by atoms with Crippen molar-refractivity contribution in [2.75, 3.05) is 48.8 Å². The molecule has 2 N–H and O–H groups in total. The van der Waals surface area contributed by atoms with Crippen LogP contribution in [0.15, 0.2) is 72.2 Å². The third kappa shape index (κ3) is 5.65. The maximum absolute atomic E-state index is 13.6. The summed E-state index contributed by atoms with van der Waals surface area (Å²) in [5, 5.41) is 6.00. The van der Waals surface area contributed by atoms with E-state index < -0.39 is 0 Å². The highest BCUT2D eigenvalue weighted by atomic mass is 16.1. The van der Waals surface area contributed by atoms with E-state index in [0.717, 1.165) is 31.9 Å². The Morgan fingerprint density at radius 3 is 2.44 bits per heavy atom. The number of anilines is 4. The molecule has 4 aromatic rings. The number of carbonyl (C=O) groups is 1. The first-order chi connectivity index (χ1) is 18.8. The molecular formula is C29H32N8O2. The van der Waals surface area contributed by atoms with E-state index in [-0.39, 0.29) is 17.4 Å². The second-order valence-electron chi connectivity index (χ2n) is 9.90. The van der Waals surface area contributed by atoms with E-state index in [1.165, 1.54) is 16.3 Å². The highest BCUT2D eigenvalue weighted by Gasteiger charge is 2.18. The van der Waals surface area contributed by atoms with Crippen LogP contribution in [0.25, 0.3) is 16.9 Å². The third-order valence-corrected chi connectivity index (χ3v) is 6.72. The second kappa shape index (κ2) is 11.0. The van der Waals surface area contributed by atoms with Crippen molar-refractivity contribution >= 4 is 40.1 Å². The highest BCUT2D eigenvalue weighted by molar-refractivity contribution is 5.99. The minimum atomic E-state index is -0.339. The molecule has 0 atom stereocenters. The molecule has 2 aromatic heterocycles. The summed E-state index contributed by atoms with van der Waals surface area (Å²) in [6, 6.07) is 15.2. The van der Waals surface area contributed by atoms with Gasteiger partial charge in [-0.25, -0.2) is 9.97 Å². The van der Waals surface area contributed by atoms with Gasteiger partial charge in [-0.05, 0) is 55.6 Å². The number of fused-ring (bicyclic) bond motifs is 1. The minimum absolute atomic E-state index is 0.103. The molecule has 10 heteroatoms. The van der Waals surface area contributed by atoms with Gasteiger partial charge in [0.15, 0.2) is 5.65 Å². The summed E-state index contributed by atoms with van der Waals surface area (Å²) in [5.74, 6) is -0.0963. The van der Waals surface area contributed by atoms with Crippen LogP contribution in [0.5, 0.6) is 0 Å². The number of hydrogen-bond acceptors (Lipinski definition) is 8. The fourth-order valence-corrected chi connectivity index (χ4v) is 4.54. The summed E-state index contributed by atoms with van der Waals surface area (Å²) >= 11 is 0. The van der Waals surface area contributed by atoms with Crippen LogP contribution in [0.4, 0.5) is 23.0 Å². The first-order valence-corrected chi connectivity index (χ1v) is 13.0. The molecule has 200 valence electrons. The van der Waals surface area contributed by atoms with Crippen LogP contribution in [-0.2, 0) is 4.79 Å². The lowest BCUT2D eigenvalue weighted by Crippen LogP contribution is -2.44. The number of benzene rings is 2. The van der Waals surface area contributed by atoms with Gasteiger partial charge in [-0.2, -0.15) is 4.98 Å². The molecule has 0 bridgehead atoms. The van der Waals surface area contributed by atoms with Gasteiger partial charge in [-0.1, -0.05) is 26.5 Å². The van der Waals surface area contributed by atoms with E-state index in [1.54, 1.807) is 30.5 Å². The van der Waals surface area contributed by atoms with E-state index in [0.29, 0.717) is 34.2 Å². The van der Waals surface area contributed by atoms with Gasteiger partial charge in [0.1, 0.15) is 11.2 Å². The Hall–Kier alpha value is -4.57. The fraction of sp³-hybridized carbons (Fsp3) is 0.276. The Morgan fingerprint density at radius 2 is 1.74 bits per heavy atom. The van der Waals surface area contributed by atoms with E-state index in [1.807, 2.05) is 26.0 Å². The first kappa shape index (κ1) is 26.1. The summed E-state index contributed by atoms with van der Waals surface area (Å²) < 4.78 is 1.52. The summed E-state index contributed by atoms with van der Waals surface area (Å²) in [7, 11) is 2.14. The summed E-state index contributed by atoms with van der Waals surface area (Å²) in [6.45, 7) is 11.4. The highest BCUT2D eigenvalue weighted by Crippen LogP contribution is 2.23. The molecule has 2 aromatic carbocycles. The predicted octanol–water partition coefficient (Wildman–Crippen LogP) is 3.92. The molecule has 1 amide bonds. The second-order valence-corrected chi connectivity index (χ2v) is 9.90. The van der Waals surface area contributed by atoms with Crippen LogP contribution in [0.1, 0.15) is 25.5 Å². The molecule has 0 radical (unpaired) electrons. The van der Waals surface area contributed by atoms with E-state index >= 15 is 0 Å². The van der Waals surface area contributed by atoms with Crippen molar-refractivity contribution < 1.29 is 4.79 Å². The van der Waals surface area contributed by atoms with Crippen molar-refractivity contribution in [3.8, 4) is 5.69 Å². The molecule has 1 aliphatic heterocycles. The molecule has 0 saturated carbocycles. The van der Waals surface area contributed by atoms with Crippen LogP contribution < -0.4 is 21.1 Å². The number of hydrogen-bond donors (Lipinski definition) is 2. The Labute approximate surface area is 227 Å². The molecule has 0 unspecified atom stereocenters. The van der Waals surface area contributed by atoms with Crippen LogP contribution in [-0.4, -0.2) is 63.6 Å². The largest absolute Gasteiger partial charge is 0.369 e. The van der Waals surface area contributed by atoms with E-state index in [9.17, 15) is 9.59 Å². The number of piperazine rings is 1. The Kier molecular flexibility index (Phi) is 7.38. The average Bonchev–Trinajstić information content (AvgIpc) is 2.93. The van der Waals surface area contributed by atoms with Gasteiger partial charge in [-0.3, -0.25) is 14.2 Å². The van der Waals surface area contributed by atoms with Gasteiger partial charge in [0.05, 0.1) is 11.9 Å². The zero-order valence-corrected chi connectivity index (χ0v) is 22.4. The molecule has 0 spiro atoms. The van der Waals surface area contributed by atoms with Gasteiger partial charge in [0.25, 0.3) is 5.56 Å². The third-order valence-electron chi connectivity index (χ3n) is 6.72. The molecule has 1 aliphatic rings. The lowest BCUT2D eigenvalue weighted by molar-refractivity contribution is -0.111. The van der Waals surface area contributed by atoms with Crippen LogP contribution in [0.2, 0.25) is 0 Å². The van der Waals surface area contributed by atoms with Crippen molar-refractivity contribution in [2.24, 2.45) is 0 Å². The van der Waals surface area contributed by atoms with Crippen molar-refractivity contribution in [1.29, 1.82) is 0 Å². The van der Waals surface area contributed by atoms with Crippen molar-refractivity contribution in [2.45, 2.75) is 19.8 Å². The van der Waals surface area contributed by atoms with Gasteiger partial charge < -0.3 is 20.4 Å². The fourth-order valence-electron chi connectivity index (χ4n) is 4.54. The molecule has 3 heterocycles. The number of likely N-dealkylation sites (N-methyl/N-ethyl adjacent to an activating group) is 1. The Balaban J connectivity index is 1.50. The van der Waals surface area contributed by atoms with Crippen LogP contribution in [0, 0.1) is 0 Å². The molecule has 10 nitrogen and oxygen atoms in total. The normalized spacial score (nSPS) is 14.0. The van der Waals surface area contributed by atoms with E-state index in [4.69, 9.17) is 4.98 Å². The number of amides is 1. The standard InChI is InChI=1S/C29H32N8O2/c1-5-25(38)31-21-7-6-8-23(17-21)37-27-24(33-26(19(2)3)28(37)39)18-30-29(34-27)32-20-9-11-22(12-10-20)36-15-13-35(4)14-16-36/h5-12,17-19H,1,13-16H2,2-4H3,(H,31,38)(H,30,32,34). The molecule has 39 heavy (non-hydrogen) atoms. The topological polar surface area (TPSA) is 108 Å². The van der Waals surface area contributed by atoms with Crippen LogP contribution in [0.3, 0.4) is 0 Å². The summed E-state index contributed by atoms with van der Waals surface area (Å²) in [4.78, 5) is 43.9. The number of aromatic nitrogens is 4. The van der Waals surface area contributed by atoms with Crippen molar-refractivity contribution in [3.05, 3.63) is 83.4 Å². The zero-order chi connectivity index (χ0) is 27.5. The number of carbonyl (C=O) groups excluding carboxylic acids is 1. The molecule has 5 rings (SSSR count). The van der Waals surface area contributed by atoms with Gasteiger partial charge in [0, 0.05) is 49.2 Å².